The van der Waals surface area contributed by atoms with Crippen LogP contribution in [-0.4, -0.2) is 17.6 Å². The molecule has 2 atom stereocenters. The van der Waals surface area contributed by atoms with Crippen LogP contribution in [0.2, 0.25) is 0 Å². The van der Waals surface area contributed by atoms with Gasteiger partial charge in [0.2, 0.25) is 11.8 Å². The van der Waals surface area contributed by atoms with Gasteiger partial charge in [0.1, 0.15) is 5.78 Å². The summed E-state index contributed by atoms with van der Waals surface area (Å²) in [5.74, 6) is -2.11. The summed E-state index contributed by atoms with van der Waals surface area (Å²) in [6, 6.07) is 23.1. The van der Waals surface area contributed by atoms with Crippen molar-refractivity contribution in [3.63, 3.8) is 0 Å². The molecule has 0 N–H and O–H groups in total. The van der Waals surface area contributed by atoms with E-state index in [1.54, 1.807) is 13.0 Å². The van der Waals surface area contributed by atoms with Crippen molar-refractivity contribution in [2.24, 2.45) is 11.8 Å². The Labute approximate surface area is 180 Å². The summed E-state index contributed by atoms with van der Waals surface area (Å²) in [7, 11) is 0. The molecule has 1 aliphatic heterocycles. The Kier molecular flexibility index (Phi) is 3.54. The maximum Gasteiger partial charge on any atom is 0.239 e. The van der Waals surface area contributed by atoms with Gasteiger partial charge in [-0.2, -0.15) is 0 Å². The third-order valence-corrected chi connectivity index (χ3v) is 7.43. The summed E-state index contributed by atoms with van der Waals surface area (Å²) in [5, 5.41) is 0. The van der Waals surface area contributed by atoms with Gasteiger partial charge in [-0.15, -0.1) is 0 Å². The van der Waals surface area contributed by atoms with Gasteiger partial charge in [0.15, 0.2) is 0 Å². The number of aryl methyl sites for hydroxylation is 1. The summed E-state index contributed by atoms with van der Waals surface area (Å²) in [6.07, 6.45) is 0. The molecule has 4 aliphatic rings. The van der Waals surface area contributed by atoms with E-state index in [-0.39, 0.29) is 23.5 Å². The third kappa shape index (κ3) is 2.03. The summed E-state index contributed by atoms with van der Waals surface area (Å²) >= 11 is 0. The Balaban J connectivity index is 1.68. The highest BCUT2D eigenvalue weighted by Crippen LogP contribution is 2.64. The Hall–Kier alpha value is -3.53. The number of carbonyl (C=O) groups is 3. The summed E-state index contributed by atoms with van der Waals surface area (Å²) in [6.45, 7) is 3.50. The second-order valence-corrected chi connectivity index (χ2v) is 8.87. The van der Waals surface area contributed by atoms with Gasteiger partial charge in [0.05, 0.1) is 22.9 Å². The summed E-state index contributed by atoms with van der Waals surface area (Å²) in [5.41, 5.74) is 4.14. The number of nitrogens with zero attached hydrogens (tertiary/aromatic N) is 1. The molecular formula is C27H21NO3. The fraction of sp³-hybridized carbons (Fsp3) is 0.222. The number of ketones is 1. The number of hydrogen-bond acceptors (Lipinski definition) is 3. The van der Waals surface area contributed by atoms with E-state index in [1.807, 2.05) is 73.7 Å². The fourth-order valence-corrected chi connectivity index (χ4v) is 6.39. The minimum absolute atomic E-state index is 0.0900. The summed E-state index contributed by atoms with van der Waals surface area (Å²) in [4.78, 5) is 42.6. The zero-order valence-electron chi connectivity index (χ0n) is 17.3. The molecule has 3 aromatic carbocycles. The Morgan fingerprint density at radius 2 is 1.45 bits per heavy atom. The molecule has 3 aliphatic carbocycles. The van der Waals surface area contributed by atoms with Crippen LogP contribution in [0.4, 0.5) is 5.69 Å². The van der Waals surface area contributed by atoms with E-state index in [0.717, 1.165) is 27.8 Å². The zero-order chi connectivity index (χ0) is 21.5. The molecular weight excluding hydrogens is 386 g/mol. The molecule has 152 valence electrons. The number of imide groups is 1. The van der Waals surface area contributed by atoms with E-state index in [1.165, 1.54) is 4.90 Å². The first-order chi connectivity index (χ1) is 15.0. The zero-order valence-corrected chi connectivity index (χ0v) is 17.3. The van der Waals surface area contributed by atoms with Crippen LogP contribution in [0.25, 0.3) is 0 Å². The van der Waals surface area contributed by atoms with Crippen LogP contribution >= 0.6 is 0 Å². The molecule has 0 spiro atoms. The first-order valence-corrected chi connectivity index (χ1v) is 10.6. The molecule has 2 amide bonds. The van der Waals surface area contributed by atoms with E-state index < -0.39 is 17.3 Å². The third-order valence-electron chi connectivity index (χ3n) is 7.43. The van der Waals surface area contributed by atoms with E-state index in [0.29, 0.717) is 5.69 Å². The molecule has 0 radical (unpaired) electrons. The lowest BCUT2D eigenvalue weighted by molar-refractivity contribution is -0.132. The largest absolute Gasteiger partial charge is 0.299 e. The lowest BCUT2D eigenvalue weighted by Crippen LogP contribution is -2.57. The topological polar surface area (TPSA) is 54.5 Å². The number of benzene rings is 3. The van der Waals surface area contributed by atoms with Crippen LogP contribution in [0.15, 0.2) is 72.8 Å². The maximum atomic E-state index is 13.9. The Bertz CT molecular complexity index is 1260. The molecule has 0 saturated carbocycles. The number of rotatable bonds is 2. The van der Waals surface area contributed by atoms with Crippen molar-refractivity contribution in [2.45, 2.75) is 25.2 Å². The molecule has 2 bridgehead atoms. The van der Waals surface area contributed by atoms with Gasteiger partial charge in [0.25, 0.3) is 0 Å². The second kappa shape index (κ2) is 6.01. The van der Waals surface area contributed by atoms with E-state index in [9.17, 15) is 14.4 Å². The number of Topliss-reactive ketones (excluding diaryl/α,β-unsaturated/α-hetero) is 1. The van der Waals surface area contributed by atoms with Gasteiger partial charge < -0.3 is 0 Å². The standard InChI is InChI=1S/C27H21NO3/c1-15-8-7-9-17(14-15)28-25(30)23-22-18-10-3-5-12-20(18)27(16(2)29,24(23)26(28)31)21-13-6-4-11-19(21)22/h3-14,22-24H,1-2H3/t22?,23-,24-,27?/m0/s1. The van der Waals surface area contributed by atoms with Crippen LogP contribution in [0.3, 0.4) is 0 Å². The molecule has 4 heteroatoms. The molecule has 1 heterocycles. The second-order valence-electron chi connectivity index (χ2n) is 8.87. The normalized spacial score (nSPS) is 27.7. The lowest BCUT2D eigenvalue weighted by Gasteiger charge is -2.52. The molecule has 0 unspecified atom stereocenters. The minimum Gasteiger partial charge on any atom is -0.299 e. The van der Waals surface area contributed by atoms with Gasteiger partial charge >= 0.3 is 0 Å². The molecule has 3 aromatic rings. The van der Waals surface area contributed by atoms with Crippen molar-refractivity contribution in [3.05, 3.63) is 101 Å². The number of anilines is 1. The predicted octanol–water partition coefficient (Wildman–Crippen LogP) is 4.13. The van der Waals surface area contributed by atoms with Crippen molar-refractivity contribution in [3.8, 4) is 0 Å². The van der Waals surface area contributed by atoms with Crippen LogP contribution in [0, 0.1) is 18.8 Å². The summed E-state index contributed by atoms with van der Waals surface area (Å²) < 4.78 is 0. The predicted molar refractivity (Wildman–Crippen MR) is 117 cm³/mol. The van der Waals surface area contributed by atoms with E-state index in [2.05, 4.69) is 0 Å². The van der Waals surface area contributed by atoms with Crippen molar-refractivity contribution >= 4 is 23.3 Å². The number of amides is 2. The smallest absolute Gasteiger partial charge is 0.239 e. The average Bonchev–Trinajstić information content (AvgIpc) is 3.04. The highest BCUT2D eigenvalue weighted by atomic mass is 16.2. The first kappa shape index (κ1) is 18.3. The maximum absolute atomic E-state index is 13.9. The van der Waals surface area contributed by atoms with Crippen LogP contribution in [-0.2, 0) is 19.8 Å². The van der Waals surface area contributed by atoms with Crippen molar-refractivity contribution in [2.75, 3.05) is 4.90 Å². The van der Waals surface area contributed by atoms with Gasteiger partial charge in [-0.1, -0.05) is 60.7 Å². The minimum atomic E-state index is -1.14. The molecule has 31 heavy (non-hydrogen) atoms. The van der Waals surface area contributed by atoms with Crippen molar-refractivity contribution in [1.82, 2.24) is 0 Å². The monoisotopic (exact) mass is 407 g/mol. The molecule has 7 rings (SSSR count). The van der Waals surface area contributed by atoms with Gasteiger partial charge in [0, 0.05) is 5.92 Å². The quantitative estimate of drug-likeness (QED) is 0.600. The number of carbonyl (C=O) groups excluding carboxylic acids is 3. The molecule has 4 nitrogen and oxygen atoms in total. The molecule has 0 aromatic heterocycles. The Morgan fingerprint density at radius 1 is 0.839 bits per heavy atom. The molecule has 1 fully saturated rings. The van der Waals surface area contributed by atoms with Gasteiger partial charge in [-0.3, -0.25) is 14.4 Å². The van der Waals surface area contributed by atoms with Crippen molar-refractivity contribution < 1.29 is 14.4 Å². The van der Waals surface area contributed by atoms with E-state index in [4.69, 9.17) is 0 Å². The fourth-order valence-electron chi connectivity index (χ4n) is 6.39. The highest BCUT2D eigenvalue weighted by Gasteiger charge is 2.69. The van der Waals surface area contributed by atoms with Crippen LogP contribution in [0.1, 0.15) is 40.7 Å². The Morgan fingerprint density at radius 3 is 2.03 bits per heavy atom. The first-order valence-electron chi connectivity index (χ1n) is 10.6. The van der Waals surface area contributed by atoms with Crippen molar-refractivity contribution in [1.29, 1.82) is 0 Å². The average molecular weight is 407 g/mol. The number of hydrogen-bond donors (Lipinski definition) is 0. The van der Waals surface area contributed by atoms with Gasteiger partial charge in [-0.05, 0) is 53.8 Å². The van der Waals surface area contributed by atoms with Crippen LogP contribution in [0.5, 0.6) is 0 Å². The van der Waals surface area contributed by atoms with Gasteiger partial charge in [-0.25, -0.2) is 4.90 Å². The van der Waals surface area contributed by atoms with E-state index >= 15 is 0 Å². The molecule has 1 saturated heterocycles. The lowest BCUT2D eigenvalue weighted by atomic mass is 9.46. The SMILES string of the molecule is CC(=O)C12c3ccccc3C(c3ccccc31)[C@@H]1C(=O)N(c3cccc(C)c3)C(=O)[C@H]12. The van der Waals surface area contributed by atoms with Crippen LogP contribution < -0.4 is 4.90 Å². The highest BCUT2D eigenvalue weighted by molar-refractivity contribution is 6.25.